The van der Waals surface area contributed by atoms with Crippen molar-refractivity contribution in [1.82, 2.24) is 5.32 Å². The van der Waals surface area contributed by atoms with Crippen LogP contribution < -0.4 is 10.1 Å². The second-order valence-electron chi connectivity index (χ2n) is 4.45. The Balaban J connectivity index is 2.25. The number of hydrogen-bond acceptors (Lipinski definition) is 3. The smallest absolute Gasteiger partial charge is 0.122 e. The van der Waals surface area contributed by atoms with E-state index in [4.69, 9.17) is 4.74 Å². The second-order valence-corrected chi connectivity index (χ2v) is 6.69. The van der Waals surface area contributed by atoms with Crippen molar-refractivity contribution in [3.05, 3.63) is 50.1 Å². The minimum Gasteiger partial charge on any atom is -0.496 e. The predicted molar refractivity (Wildman–Crippen MR) is 85.3 cm³/mol. The Morgan fingerprint density at radius 2 is 2.11 bits per heavy atom. The van der Waals surface area contributed by atoms with Gasteiger partial charge in [0.05, 0.1) is 7.11 Å². The third-order valence-electron chi connectivity index (χ3n) is 3.12. The summed E-state index contributed by atoms with van der Waals surface area (Å²) in [4.78, 5) is 2.71. The Morgan fingerprint density at radius 3 is 2.68 bits per heavy atom. The molecule has 1 N–H and O–H groups in total. The van der Waals surface area contributed by atoms with Crippen LogP contribution in [-0.2, 0) is 6.42 Å². The number of rotatable bonds is 5. The zero-order chi connectivity index (χ0) is 13.8. The fourth-order valence-corrected chi connectivity index (χ4v) is 3.51. The maximum Gasteiger partial charge on any atom is 0.122 e. The van der Waals surface area contributed by atoms with Gasteiger partial charge in [0.15, 0.2) is 0 Å². The molecule has 1 aromatic heterocycles. The van der Waals surface area contributed by atoms with Gasteiger partial charge in [0.25, 0.3) is 0 Å². The summed E-state index contributed by atoms with van der Waals surface area (Å²) in [5, 5.41) is 3.39. The van der Waals surface area contributed by atoms with E-state index in [9.17, 15) is 0 Å². The molecule has 0 fully saturated rings. The van der Waals surface area contributed by atoms with Crippen LogP contribution in [-0.4, -0.2) is 14.2 Å². The molecular formula is C15H18BrNOS. The van der Waals surface area contributed by atoms with Crippen molar-refractivity contribution in [2.75, 3.05) is 14.2 Å². The molecule has 2 rings (SSSR count). The van der Waals surface area contributed by atoms with Gasteiger partial charge in [0.1, 0.15) is 5.75 Å². The molecule has 19 heavy (non-hydrogen) atoms. The topological polar surface area (TPSA) is 21.3 Å². The van der Waals surface area contributed by atoms with Crippen molar-refractivity contribution >= 4 is 27.3 Å². The molecule has 0 aliphatic heterocycles. The van der Waals surface area contributed by atoms with E-state index in [0.717, 1.165) is 16.6 Å². The molecular weight excluding hydrogens is 322 g/mol. The molecule has 1 atom stereocenters. The maximum atomic E-state index is 5.44. The van der Waals surface area contributed by atoms with Gasteiger partial charge in [0, 0.05) is 20.3 Å². The Hall–Kier alpha value is -0.840. The molecule has 0 aliphatic rings. The lowest BCUT2D eigenvalue weighted by molar-refractivity contribution is 0.406. The summed E-state index contributed by atoms with van der Waals surface area (Å²) in [7, 11) is 3.72. The quantitative estimate of drug-likeness (QED) is 0.875. The van der Waals surface area contributed by atoms with E-state index < -0.39 is 0 Å². The molecule has 0 bridgehead atoms. The first-order chi connectivity index (χ1) is 9.13. The summed E-state index contributed by atoms with van der Waals surface area (Å²) in [6, 6.07) is 10.8. The number of halogens is 1. The molecule has 0 spiro atoms. The van der Waals surface area contributed by atoms with Gasteiger partial charge >= 0.3 is 0 Å². The SMILES string of the molecule is CNC(Cc1cc(Br)ccc1OC)c1ccc(C)s1. The van der Waals surface area contributed by atoms with Crippen molar-refractivity contribution in [1.29, 1.82) is 0 Å². The first-order valence-electron chi connectivity index (χ1n) is 6.20. The van der Waals surface area contributed by atoms with E-state index >= 15 is 0 Å². The van der Waals surface area contributed by atoms with E-state index in [1.54, 1.807) is 7.11 Å². The fourth-order valence-electron chi connectivity index (χ4n) is 2.11. The van der Waals surface area contributed by atoms with Crippen molar-refractivity contribution in [2.45, 2.75) is 19.4 Å². The third-order valence-corrected chi connectivity index (χ3v) is 4.73. The van der Waals surface area contributed by atoms with Gasteiger partial charge in [-0.05, 0) is 56.3 Å². The Kier molecular flexibility index (Phi) is 5.02. The molecule has 0 saturated carbocycles. The molecule has 2 aromatic rings. The van der Waals surface area contributed by atoms with Crippen molar-refractivity contribution in [2.24, 2.45) is 0 Å². The van der Waals surface area contributed by atoms with E-state index in [1.807, 2.05) is 30.5 Å². The molecule has 0 saturated heterocycles. The number of ether oxygens (including phenoxy) is 1. The van der Waals surface area contributed by atoms with Crippen LogP contribution in [0.25, 0.3) is 0 Å². The summed E-state index contributed by atoms with van der Waals surface area (Å²) < 4.78 is 6.53. The van der Waals surface area contributed by atoms with Gasteiger partial charge in [-0.2, -0.15) is 0 Å². The molecule has 0 aliphatic carbocycles. The molecule has 1 unspecified atom stereocenters. The second kappa shape index (κ2) is 6.55. The fraction of sp³-hybridized carbons (Fsp3) is 0.333. The summed E-state index contributed by atoms with van der Waals surface area (Å²) >= 11 is 5.37. The normalized spacial score (nSPS) is 12.4. The number of aryl methyl sites for hydroxylation is 1. The number of likely N-dealkylation sites (N-methyl/N-ethyl adjacent to an activating group) is 1. The molecule has 4 heteroatoms. The largest absolute Gasteiger partial charge is 0.496 e. The van der Waals surface area contributed by atoms with E-state index in [2.05, 4.69) is 46.4 Å². The predicted octanol–water partition coefficient (Wildman–Crippen LogP) is 4.33. The first-order valence-corrected chi connectivity index (χ1v) is 7.81. The number of hydrogen-bond donors (Lipinski definition) is 1. The third kappa shape index (κ3) is 3.59. The van der Waals surface area contributed by atoms with Gasteiger partial charge in [0.2, 0.25) is 0 Å². The molecule has 1 heterocycles. The lowest BCUT2D eigenvalue weighted by Gasteiger charge is -2.17. The van der Waals surface area contributed by atoms with Gasteiger partial charge < -0.3 is 10.1 Å². The zero-order valence-electron chi connectivity index (χ0n) is 11.4. The number of benzene rings is 1. The summed E-state index contributed by atoms with van der Waals surface area (Å²) in [5.41, 5.74) is 1.21. The van der Waals surface area contributed by atoms with Crippen molar-refractivity contribution in [3.63, 3.8) is 0 Å². The van der Waals surface area contributed by atoms with Gasteiger partial charge in [-0.1, -0.05) is 15.9 Å². The van der Waals surface area contributed by atoms with Crippen LogP contribution in [0.2, 0.25) is 0 Å². The van der Waals surface area contributed by atoms with Crippen LogP contribution >= 0.6 is 27.3 Å². The van der Waals surface area contributed by atoms with E-state index in [0.29, 0.717) is 6.04 Å². The molecule has 102 valence electrons. The van der Waals surface area contributed by atoms with Crippen LogP contribution in [0.15, 0.2) is 34.8 Å². The highest BCUT2D eigenvalue weighted by Gasteiger charge is 2.15. The molecule has 1 aromatic carbocycles. The Labute approximate surface area is 126 Å². The molecule has 0 amide bonds. The highest BCUT2D eigenvalue weighted by atomic mass is 79.9. The minimum absolute atomic E-state index is 0.321. The Morgan fingerprint density at radius 1 is 1.32 bits per heavy atom. The Bertz CT molecular complexity index is 553. The number of thiophene rings is 1. The maximum absolute atomic E-state index is 5.44. The van der Waals surface area contributed by atoms with Gasteiger partial charge in [-0.25, -0.2) is 0 Å². The highest BCUT2D eigenvalue weighted by Crippen LogP contribution is 2.30. The zero-order valence-corrected chi connectivity index (χ0v) is 13.8. The van der Waals surface area contributed by atoms with Gasteiger partial charge in [-0.15, -0.1) is 11.3 Å². The van der Waals surface area contributed by atoms with E-state index in [1.165, 1.54) is 15.3 Å². The number of methoxy groups -OCH3 is 1. The summed E-state index contributed by atoms with van der Waals surface area (Å²) in [6.07, 6.45) is 0.916. The first kappa shape index (κ1) is 14.6. The summed E-state index contributed by atoms with van der Waals surface area (Å²) in [5.74, 6) is 0.941. The van der Waals surface area contributed by atoms with E-state index in [-0.39, 0.29) is 0 Å². The van der Waals surface area contributed by atoms with Crippen LogP contribution in [0, 0.1) is 6.92 Å². The standard InChI is InChI=1S/C15H18BrNOS/c1-10-4-7-15(19-10)13(17-2)9-11-8-12(16)5-6-14(11)18-3/h4-8,13,17H,9H2,1-3H3. The lowest BCUT2D eigenvalue weighted by atomic mass is 10.0. The van der Waals surface area contributed by atoms with Crippen LogP contribution in [0.3, 0.4) is 0 Å². The minimum atomic E-state index is 0.321. The van der Waals surface area contributed by atoms with Crippen LogP contribution in [0.4, 0.5) is 0 Å². The monoisotopic (exact) mass is 339 g/mol. The molecule has 0 radical (unpaired) electrons. The number of nitrogens with one attached hydrogen (secondary N) is 1. The van der Waals surface area contributed by atoms with Gasteiger partial charge in [-0.3, -0.25) is 0 Å². The lowest BCUT2D eigenvalue weighted by Crippen LogP contribution is -2.18. The average Bonchev–Trinajstić information content (AvgIpc) is 2.82. The summed E-state index contributed by atoms with van der Waals surface area (Å²) in [6.45, 7) is 2.14. The van der Waals surface area contributed by atoms with Crippen molar-refractivity contribution in [3.8, 4) is 5.75 Å². The van der Waals surface area contributed by atoms with Crippen LogP contribution in [0.5, 0.6) is 5.75 Å². The van der Waals surface area contributed by atoms with Crippen LogP contribution in [0.1, 0.15) is 21.4 Å². The highest BCUT2D eigenvalue weighted by molar-refractivity contribution is 9.10. The average molecular weight is 340 g/mol. The van der Waals surface area contributed by atoms with Crippen molar-refractivity contribution < 1.29 is 4.74 Å². The molecule has 2 nitrogen and oxygen atoms in total.